The zero-order valence-corrected chi connectivity index (χ0v) is 13.0. The Balaban J connectivity index is 2.41. The zero-order valence-electron chi connectivity index (χ0n) is 12.3. The van der Waals surface area contributed by atoms with Gasteiger partial charge in [-0.25, -0.2) is 0 Å². The fraction of sp³-hybridized carbons (Fsp3) is 0.353. The molecule has 3 heteroatoms. The predicted octanol–water partition coefficient (Wildman–Crippen LogP) is 4.44. The SMILES string of the molecule is CCCNC(c1cccc(Cl)c1)c1ncc(C)cc1C. The number of aryl methyl sites for hydroxylation is 2. The summed E-state index contributed by atoms with van der Waals surface area (Å²) in [5, 5.41) is 4.33. The summed E-state index contributed by atoms with van der Waals surface area (Å²) in [6, 6.07) is 10.3. The van der Waals surface area contributed by atoms with E-state index >= 15 is 0 Å². The highest BCUT2D eigenvalue weighted by molar-refractivity contribution is 6.30. The number of halogens is 1. The summed E-state index contributed by atoms with van der Waals surface area (Å²) in [6.07, 6.45) is 3.01. The van der Waals surface area contributed by atoms with Crippen molar-refractivity contribution in [2.24, 2.45) is 0 Å². The molecule has 106 valence electrons. The summed E-state index contributed by atoms with van der Waals surface area (Å²) >= 11 is 6.13. The second-order valence-electron chi connectivity index (χ2n) is 5.16. The first-order valence-electron chi connectivity index (χ1n) is 7.03. The van der Waals surface area contributed by atoms with Crippen molar-refractivity contribution < 1.29 is 0 Å². The smallest absolute Gasteiger partial charge is 0.0754 e. The molecule has 0 saturated heterocycles. The second-order valence-corrected chi connectivity index (χ2v) is 5.59. The van der Waals surface area contributed by atoms with E-state index < -0.39 is 0 Å². The molecule has 0 amide bonds. The molecule has 1 unspecified atom stereocenters. The van der Waals surface area contributed by atoms with E-state index in [2.05, 4.69) is 43.2 Å². The molecule has 0 bridgehead atoms. The molecule has 1 aromatic heterocycles. The van der Waals surface area contributed by atoms with Crippen LogP contribution in [0.2, 0.25) is 5.02 Å². The van der Waals surface area contributed by atoms with E-state index in [1.54, 1.807) is 0 Å². The van der Waals surface area contributed by atoms with Crippen LogP contribution in [0.1, 0.15) is 41.8 Å². The molecular weight excluding hydrogens is 268 g/mol. The first-order valence-corrected chi connectivity index (χ1v) is 7.41. The summed E-state index contributed by atoms with van der Waals surface area (Å²) in [6.45, 7) is 7.29. The van der Waals surface area contributed by atoms with Crippen LogP contribution in [0.5, 0.6) is 0 Å². The minimum absolute atomic E-state index is 0.0919. The predicted molar refractivity (Wildman–Crippen MR) is 85.3 cm³/mol. The molecule has 0 aliphatic heterocycles. The van der Waals surface area contributed by atoms with Crippen molar-refractivity contribution in [2.45, 2.75) is 33.2 Å². The van der Waals surface area contributed by atoms with E-state index in [-0.39, 0.29) is 6.04 Å². The molecular formula is C17H21ClN2. The lowest BCUT2D eigenvalue weighted by atomic mass is 9.99. The van der Waals surface area contributed by atoms with Crippen LogP contribution in [-0.4, -0.2) is 11.5 Å². The Labute approximate surface area is 126 Å². The van der Waals surface area contributed by atoms with Gasteiger partial charge in [-0.15, -0.1) is 0 Å². The molecule has 1 atom stereocenters. The van der Waals surface area contributed by atoms with Crippen molar-refractivity contribution in [1.82, 2.24) is 10.3 Å². The second kappa shape index (κ2) is 6.87. The van der Waals surface area contributed by atoms with Crippen LogP contribution in [-0.2, 0) is 0 Å². The van der Waals surface area contributed by atoms with Crippen LogP contribution >= 0.6 is 11.6 Å². The third kappa shape index (κ3) is 3.59. The molecule has 1 N–H and O–H groups in total. The van der Waals surface area contributed by atoms with Crippen LogP contribution in [0.3, 0.4) is 0 Å². The molecule has 0 aliphatic carbocycles. The minimum atomic E-state index is 0.0919. The summed E-state index contributed by atoms with van der Waals surface area (Å²) < 4.78 is 0. The van der Waals surface area contributed by atoms with Gasteiger partial charge in [0.2, 0.25) is 0 Å². The average Bonchev–Trinajstić information content (AvgIpc) is 2.41. The highest BCUT2D eigenvalue weighted by atomic mass is 35.5. The summed E-state index contributed by atoms with van der Waals surface area (Å²) in [5.41, 5.74) is 4.63. The number of pyridine rings is 1. The monoisotopic (exact) mass is 288 g/mol. The van der Waals surface area contributed by atoms with Crippen LogP contribution in [0, 0.1) is 13.8 Å². The van der Waals surface area contributed by atoms with Gasteiger partial charge >= 0.3 is 0 Å². The third-order valence-corrected chi connectivity index (χ3v) is 3.54. The van der Waals surface area contributed by atoms with Gasteiger partial charge in [0.25, 0.3) is 0 Å². The Morgan fingerprint density at radius 2 is 2.05 bits per heavy atom. The van der Waals surface area contributed by atoms with E-state index in [4.69, 9.17) is 11.6 Å². The van der Waals surface area contributed by atoms with Crippen LogP contribution in [0.15, 0.2) is 36.5 Å². The van der Waals surface area contributed by atoms with Crippen molar-refractivity contribution >= 4 is 11.6 Å². The van der Waals surface area contributed by atoms with Crippen LogP contribution in [0.4, 0.5) is 0 Å². The zero-order chi connectivity index (χ0) is 14.5. The Morgan fingerprint density at radius 3 is 2.70 bits per heavy atom. The fourth-order valence-corrected chi connectivity index (χ4v) is 2.57. The van der Waals surface area contributed by atoms with E-state index in [1.165, 1.54) is 11.1 Å². The molecule has 1 aromatic carbocycles. The molecule has 20 heavy (non-hydrogen) atoms. The lowest BCUT2D eigenvalue weighted by Gasteiger charge is -2.21. The lowest BCUT2D eigenvalue weighted by Crippen LogP contribution is -2.25. The van der Waals surface area contributed by atoms with E-state index in [0.717, 1.165) is 29.2 Å². The number of benzene rings is 1. The molecule has 2 rings (SSSR count). The van der Waals surface area contributed by atoms with Gasteiger partial charge < -0.3 is 5.32 Å². The van der Waals surface area contributed by atoms with Gasteiger partial charge in [-0.3, -0.25) is 4.98 Å². The van der Waals surface area contributed by atoms with Crippen molar-refractivity contribution in [3.05, 3.63) is 63.9 Å². The Bertz CT molecular complexity index is 581. The molecule has 0 aliphatic rings. The van der Waals surface area contributed by atoms with Gasteiger partial charge in [0.1, 0.15) is 0 Å². The van der Waals surface area contributed by atoms with Gasteiger partial charge in [-0.2, -0.15) is 0 Å². The van der Waals surface area contributed by atoms with Crippen LogP contribution in [0.25, 0.3) is 0 Å². The van der Waals surface area contributed by atoms with Gasteiger partial charge in [-0.05, 0) is 55.6 Å². The standard InChI is InChI=1S/C17H21ClN2/c1-4-8-19-17(14-6-5-7-15(18)10-14)16-13(3)9-12(2)11-20-16/h5-7,9-11,17,19H,4,8H2,1-3H3. The molecule has 2 aromatic rings. The molecule has 2 nitrogen and oxygen atoms in total. The van der Waals surface area contributed by atoms with Gasteiger partial charge in [0.15, 0.2) is 0 Å². The van der Waals surface area contributed by atoms with E-state index in [1.807, 2.05) is 24.4 Å². The first kappa shape index (κ1) is 15.0. The number of hydrogen-bond donors (Lipinski definition) is 1. The molecule has 0 fully saturated rings. The first-order chi connectivity index (χ1) is 9.61. The third-order valence-electron chi connectivity index (χ3n) is 3.31. The largest absolute Gasteiger partial charge is 0.305 e. The normalized spacial score (nSPS) is 12.4. The Morgan fingerprint density at radius 1 is 1.25 bits per heavy atom. The Kier molecular flexibility index (Phi) is 5.16. The summed E-state index contributed by atoms with van der Waals surface area (Å²) in [5.74, 6) is 0. The minimum Gasteiger partial charge on any atom is -0.305 e. The fourth-order valence-electron chi connectivity index (χ4n) is 2.38. The van der Waals surface area contributed by atoms with Crippen LogP contribution < -0.4 is 5.32 Å². The molecule has 0 saturated carbocycles. The van der Waals surface area contributed by atoms with Crippen molar-refractivity contribution in [2.75, 3.05) is 6.54 Å². The number of nitrogens with one attached hydrogen (secondary N) is 1. The number of rotatable bonds is 5. The maximum atomic E-state index is 6.13. The van der Waals surface area contributed by atoms with Gasteiger partial charge in [0.05, 0.1) is 11.7 Å². The lowest BCUT2D eigenvalue weighted by molar-refractivity contribution is 0.583. The van der Waals surface area contributed by atoms with Crippen molar-refractivity contribution in [3.8, 4) is 0 Å². The number of nitrogens with zero attached hydrogens (tertiary/aromatic N) is 1. The highest BCUT2D eigenvalue weighted by Gasteiger charge is 2.17. The molecule has 0 spiro atoms. The van der Waals surface area contributed by atoms with E-state index in [9.17, 15) is 0 Å². The topological polar surface area (TPSA) is 24.9 Å². The number of hydrogen-bond acceptors (Lipinski definition) is 2. The van der Waals surface area contributed by atoms with Crippen molar-refractivity contribution in [3.63, 3.8) is 0 Å². The number of aromatic nitrogens is 1. The average molecular weight is 289 g/mol. The Hall–Kier alpha value is -1.38. The van der Waals surface area contributed by atoms with Crippen molar-refractivity contribution in [1.29, 1.82) is 0 Å². The molecule has 0 radical (unpaired) electrons. The van der Waals surface area contributed by atoms with Gasteiger partial charge in [-0.1, -0.05) is 36.7 Å². The summed E-state index contributed by atoms with van der Waals surface area (Å²) in [7, 11) is 0. The van der Waals surface area contributed by atoms with E-state index in [0.29, 0.717) is 0 Å². The summed E-state index contributed by atoms with van der Waals surface area (Å²) in [4.78, 5) is 4.63. The van der Waals surface area contributed by atoms with Gasteiger partial charge in [0, 0.05) is 11.2 Å². The highest BCUT2D eigenvalue weighted by Crippen LogP contribution is 2.25. The molecule has 1 heterocycles. The maximum absolute atomic E-state index is 6.13. The maximum Gasteiger partial charge on any atom is 0.0754 e. The quantitative estimate of drug-likeness (QED) is 0.880.